The summed E-state index contributed by atoms with van der Waals surface area (Å²) in [6, 6.07) is 5.04. The molecule has 5 nitrogen and oxygen atoms in total. The van der Waals surface area contributed by atoms with Crippen molar-refractivity contribution >= 4 is 38.5 Å². The molecule has 0 atom stereocenters. The number of hydrogen-bond donors (Lipinski definition) is 0. The summed E-state index contributed by atoms with van der Waals surface area (Å²) in [5.41, 5.74) is 0.815. The monoisotopic (exact) mass is 403 g/mol. The molecule has 0 N–H and O–H groups in total. The van der Waals surface area contributed by atoms with E-state index in [4.69, 9.17) is 9.31 Å². The maximum Gasteiger partial charge on any atom is 0.495 e. The third-order valence-corrected chi connectivity index (χ3v) is 6.96. The zero-order valence-electron chi connectivity index (χ0n) is 14.4. The maximum absolute atomic E-state index is 12.3. The van der Waals surface area contributed by atoms with E-state index in [0.29, 0.717) is 5.33 Å². The Morgan fingerprint density at radius 2 is 1.65 bits per heavy atom. The average molecular weight is 404 g/mol. The minimum atomic E-state index is -3.46. The second kappa shape index (κ2) is 6.15. The van der Waals surface area contributed by atoms with Crippen LogP contribution >= 0.6 is 15.9 Å². The van der Waals surface area contributed by atoms with Gasteiger partial charge in [0.25, 0.3) is 0 Å². The number of benzene rings is 1. The van der Waals surface area contributed by atoms with Crippen molar-refractivity contribution in [3.05, 3.63) is 23.8 Å². The quantitative estimate of drug-likeness (QED) is 0.570. The number of rotatable bonds is 4. The number of nitrogens with zero attached hydrogens (tertiary/aromatic N) is 1. The number of sulfonamides is 1. The predicted octanol–water partition coefficient (Wildman–Crippen LogP) is 2.13. The topological polar surface area (TPSA) is 55.8 Å². The zero-order valence-corrected chi connectivity index (χ0v) is 16.8. The van der Waals surface area contributed by atoms with E-state index >= 15 is 0 Å². The summed E-state index contributed by atoms with van der Waals surface area (Å²) in [5, 5.41) is 0.517. The van der Waals surface area contributed by atoms with Crippen LogP contribution in [0.15, 0.2) is 23.1 Å². The fraction of sp³-hybridized carbons (Fsp3) is 0.600. The van der Waals surface area contributed by atoms with Gasteiger partial charge in [0, 0.05) is 19.4 Å². The molecule has 1 saturated heterocycles. The van der Waals surface area contributed by atoms with Crippen molar-refractivity contribution in [1.29, 1.82) is 0 Å². The van der Waals surface area contributed by atoms with Crippen molar-refractivity contribution in [2.24, 2.45) is 0 Å². The van der Waals surface area contributed by atoms with E-state index in [1.165, 1.54) is 18.4 Å². The standard InChI is InChI=1S/C15H23BBrNO4S/c1-14(2)15(3,4)22-16(21-14)13-8-7-12(9-11(13)10-17)23(19,20)18(5)6/h7-9H,10H2,1-6H3. The van der Waals surface area contributed by atoms with Gasteiger partial charge >= 0.3 is 7.12 Å². The summed E-state index contributed by atoms with van der Waals surface area (Å²) in [6.45, 7) is 7.97. The molecule has 0 saturated carbocycles. The lowest BCUT2D eigenvalue weighted by atomic mass is 9.76. The second-order valence-electron chi connectivity index (χ2n) is 6.87. The fourth-order valence-corrected chi connectivity index (χ4v) is 3.71. The van der Waals surface area contributed by atoms with Gasteiger partial charge in [-0.2, -0.15) is 0 Å². The first-order chi connectivity index (χ1) is 10.4. The van der Waals surface area contributed by atoms with Crippen LogP contribution in [-0.2, 0) is 24.7 Å². The van der Waals surface area contributed by atoms with Gasteiger partial charge in [0.15, 0.2) is 0 Å². The highest BCUT2D eigenvalue weighted by molar-refractivity contribution is 9.08. The van der Waals surface area contributed by atoms with Crippen molar-refractivity contribution in [3.8, 4) is 0 Å². The Morgan fingerprint density at radius 3 is 2.09 bits per heavy atom. The summed E-state index contributed by atoms with van der Waals surface area (Å²) in [5.74, 6) is 0. The smallest absolute Gasteiger partial charge is 0.399 e. The Labute approximate surface area is 147 Å². The fourth-order valence-electron chi connectivity index (χ4n) is 2.27. The average Bonchev–Trinajstić information content (AvgIpc) is 2.66. The molecule has 8 heteroatoms. The van der Waals surface area contributed by atoms with Crippen molar-refractivity contribution in [2.45, 2.75) is 49.1 Å². The van der Waals surface area contributed by atoms with Crippen molar-refractivity contribution in [1.82, 2.24) is 4.31 Å². The van der Waals surface area contributed by atoms with E-state index in [1.54, 1.807) is 18.2 Å². The molecule has 0 aromatic heterocycles. The first-order valence-electron chi connectivity index (χ1n) is 7.39. The van der Waals surface area contributed by atoms with E-state index in [9.17, 15) is 8.42 Å². The van der Waals surface area contributed by atoms with E-state index in [2.05, 4.69) is 15.9 Å². The van der Waals surface area contributed by atoms with Gasteiger partial charge in [-0.25, -0.2) is 12.7 Å². The highest BCUT2D eigenvalue weighted by Gasteiger charge is 2.52. The molecule has 2 rings (SSSR count). The van der Waals surface area contributed by atoms with Gasteiger partial charge in [-0.15, -0.1) is 0 Å². The van der Waals surface area contributed by atoms with Crippen LogP contribution in [0.1, 0.15) is 33.3 Å². The first-order valence-corrected chi connectivity index (χ1v) is 9.95. The van der Waals surface area contributed by atoms with Crippen LogP contribution in [0.5, 0.6) is 0 Å². The molecule has 0 unspecified atom stereocenters. The van der Waals surface area contributed by atoms with Crippen molar-refractivity contribution in [3.63, 3.8) is 0 Å². The molecule has 0 bridgehead atoms. The minimum Gasteiger partial charge on any atom is -0.399 e. The van der Waals surface area contributed by atoms with Gasteiger partial charge in [0.2, 0.25) is 10.0 Å². The molecule has 0 radical (unpaired) electrons. The third-order valence-electron chi connectivity index (χ3n) is 4.54. The number of hydrogen-bond acceptors (Lipinski definition) is 4. The molecule has 0 spiro atoms. The molecule has 1 aliphatic rings. The lowest BCUT2D eigenvalue weighted by Crippen LogP contribution is -2.41. The second-order valence-corrected chi connectivity index (χ2v) is 9.58. The molecule has 1 fully saturated rings. The Kier molecular flexibility index (Phi) is 5.06. The molecule has 1 aromatic rings. The van der Waals surface area contributed by atoms with Gasteiger partial charge in [-0.3, -0.25) is 0 Å². The van der Waals surface area contributed by atoms with Gasteiger partial charge in [0.05, 0.1) is 16.1 Å². The van der Waals surface area contributed by atoms with Crippen LogP contribution < -0.4 is 5.46 Å². The lowest BCUT2D eigenvalue weighted by Gasteiger charge is -2.32. The SMILES string of the molecule is CN(C)S(=O)(=O)c1ccc(B2OC(C)(C)C(C)(C)O2)c(CBr)c1. The van der Waals surface area contributed by atoms with Crippen LogP contribution in [0.3, 0.4) is 0 Å². The largest absolute Gasteiger partial charge is 0.495 e. The molecule has 128 valence electrons. The van der Waals surface area contributed by atoms with Gasteiger partial charge in [-0.05, 0) is 50.9 Å². The number of alkyl halides is 1. The Balaban J connectivity index is 2.43. The number of halogens is 1. The van der Waals surface area contributed by atoms with Gasteiger partial charge < -0.3 is 9.31 Å². The maximum atomic E-state index is 12.3. The van der Waals surface area contributed by atoms with Crippen LogP contribution in [0.2, 0.25) is 0 Å². The molecular weight excluding hydrogens is 381 g/mol. The van der Waals surface area contributed by atoms with Gasteiger partial charge in [-0.1, -0.05) is 22.0 Å². The zero-order chi connectivity index (χ0) is 17.6. The molecule has 0 aliphatic carbocycles. The Morgan fingerprint density at radius 1 is 1.13 bits per heavy atom. The highest BCUT2D eigenvalue weighted by atomic mass is 79.9. The summed E-state index contributed by atoms with van der Waals surface area (Å²) >= 11 is 3.43. The molecule has 1 aliphatic heterocycles. The lowest BCUT2D eigenvalue weighted by molar-refractivity contribution is 0.00578. The molecule has 23 heavy (non-hydrogen) atoms. The van der Waals surface area contributed by atoms with Crippen molar-refractivity contribution in [2.75, 3.05) is 14.1 Å². The normalized spacial score (nSPS) is 20.3. The van der Waals surface area contributed by atoms with E-state index in [0.717, 1.165) is 11.0 Å². The summed E-state index contributed by atoms with van der Waals surface area (Å²) in [4.78, 5) is 0.261. The van der Waals surface area contributed by atoms with Gasteiger partial charge in [0.1, 0.15) is 0 Å². The van der Waals surface area contributed by atoms with E-state index in [-0.39, 0.29) is 4.90 Å². The molecule has 0 amide bonds. The third kappa shape index (κ3) is 3.37. The Bertz CT molecular complexity index is 687. The molecule has 1 heterocycles. The molecular formula is C15H23BBrNO4S. The molecule has 1 aromatic carbocycles. The van der Waals surface area contributed by atoms with Crippen molar-refractivity contribution < 1.29 is 17.7 Å². The minimum absolute atomic E-state index is 0.261. The predicted molar refractivity (Wildman–Crippen MR) is 95.7 cm³/mol. The van der Waals surface area contributed by atoms with Crippen LogP contribution in [-0.4, -0.2) is 45.1 Å². The summed E-state index contributed by atoms with van der Waals surface area (Å²) in [6.07, 6.45) is 0. The Hall–Kier alpha value is -0.405. The van der Waals surface area contributed by atoms with E-state index < -0.39 is 28.3 Å². The van der Waals surface area contributed by atoms with E-state index in [1.807, 2.05) is 27.7 Å². The summed E-state index contributed by atoms with van der Waals surface area (Å²) in [7, 11) is -0.937. The van der Waals surface area contributed by atoms with Crippen LogP contribution in [0, 0.1) is 0 Å². The summed E-state index contributed by atoms with van der Waals surface area (Å²) < 4.78 is 37.9. The van der Waals surface area contributed by atoms with Crippen LogP contribution in [0.4, 0.5) is 0 Å². The highest BCUT2D eigenvalue weighted by Crippen LogP contribution is 2.37. The van der Waals surface area contributed by atoms with Crippen LogP contribution in [0.25, 0.3) is 0 Å². The first kappa shape index (κ1) is 18.9.